The molecule has 3 fully saturated rings. The number of Topliss-reactive ketones (excluding diaryl/α,β-unsaturated/α-hetero) is 1. The molecular weight excluding hydrogens is 300 g/mol. The highest BCUT2D eigenvalue weighted by atomic mass is 16.2. The van der Waals surface area contributed by atoms with E-state index < -0.39 is 5.41 Å². The van der Waals surface area contributed by atoms with Crippen LogP contribution in [-0.4, -0.2) is 28.8 Å². The van der Waals surface area contributed by atoms with Gasteiger partial charge in [-0.05, 0) is 58.8 Å². The summed E-state index contributed by atoms with van der Waals surface area (Å²) in [5.41, 5.74) is -1.11. The number of hydrogen-bond acceptors (Lipinski definition) is 3. The normalized spacial score (nSPS) is 39.9. The molecule has 4 nitrogen and oxygen atoms in total. The summed E-state index contributed by atoms with van der Waals surface area (Å²) in [6.07, 6.45) is 3.94. The van der Waals surface area contributed by atoms with Crippen molar-refractivity contribution < 1.29 is 9.59 Å². The maximum Gasteiger partial charge on any atom is 0.227 e. The van der Waals surface area contributed by atoms with Crippen molar-refractivity contribution in [1.29, 1.82) is 0 Å². The second-order valence-electron chi connectivity index (χ2n) is 10.6. The topological polar surface area (TPSA) is 58.2 Å². The van der Waals surface area contributed by atoms with E-state index in [2.05, 4.69) is 59.1 Å². The number of hydrogen-bond donors (Lipinski definition) is 2. The van der Waals surface area contributed by atoms with Crippen molar-refractivity contribution in [1.82, 2.24) is 10.6 Å². The van der Waals surface area contributed by atoms with Gasteiger partial charge < -0.3 is 10.6 Å². The third-order valence-corrected chi connectivity index (χ3v) is 7.67. The van der Waals surface area contributed by atoms with Gasteiger partial charge in [0, 0.05) is 29.0 Å². The Morgan fingerprint density at radius 1 is 1.00 bits per heavy atom. The number of ketones is 1. The molecule has 0 radical (unpaired) electrons. The van der Waals surface area contributed by atoms with Gasteiger partial charge in [-0.1, -0.05) is 20.8 Å². The fourth-order valence-corrected chi connectivity index (χ4v) is 6.11. The fourth-order valence-electron chi connectivity index (χ4n) is 6.11. The minimum atomic E-state index is -0.516. The second-order valence-corrected chi connectivity index (χ2v) is 10.6. The van der Waals surface area contributed by atoms with E-state index in [1.54, 1.807) is 0 Å². The van der Waals surface area contributed by atoms with E-state index in [1.165, 1.54) is 0 Å². The Morgan fingerprint density at radius 3 is 1.96 bits per heavy atom. The molecule has 2 saturated carbocycles. The first kappa shape index (κ1) is 17.9. The third kappa shape index (κ3) is 2.28. The van der Waals surface area contributed by atoms with Crippen molar-refractivity contribution in [2.45, 2.75) is 97.7 Å². The van der Waals surface area contributed by atoms with E-state index in [0.29, 0.717) is 6.42 Å². The van der Waals surface area contributed by atoms with Crippen LogP contribution in [-0.2, 0) is 9.59 Å². The molecule has 0 aromatic rings. The number of fused-ring (bicyclic) bond motifs is 2. The largest absolute Gasteiger partial charge is 0.353 e. The lowest BCUT2D eigenvalue weighted by Crippen LogP contribution is -2.63. The molecular formula is C20H34N2O2. The maximum absolute atomic E-state index is 13.3. The van der Waals surface area contributed by atoms with Crippen molar-refractivity contribution in [3.05, 3.63) is 0 Å². The maximum atomic E-state index is 13.3. The minimum absolute atomic E-state index is 0.00255. The Morgan fingerprint density at radius 2 is 1.54 bits per heavy atom. The summed E-state index contributed by atoms with van der Waals surface area (Å²) in [5, 5.41) is 7.01. The van der Waals surface area contributed by atoms with Crippen LogP contribution in [0.15, 0.2) is 0 Å². The van der Waals surface area contributed by atoms with E-state index in [0.717, 1.165) is 25.7 Å². The van der Waals surface area contributed by atoms with Crippen LogP contribution in [0.1, 0.15) is 80.6 Å². The molecule has 0 unspecified atom stereocenters. The van der Waals surface area contributed by atoms with Crippen LogP contribution in [0, 0.1) is 16.2 Å². The second kappa shape index (κ2) is 4.84. The lowest BCUT2D eigenvalue weighted by atomic mass is 9.64. The van der Waals surface area contributed by atoms with E-state index in [-0.39, 0.29) is 39.6 Å². The molecule has 2 N–H and O–H groups in total. The van der Waals surface area contributed by atoms with Gasteiger partial charge in [0.15, 0.2) is 0 Å². The number of piperidine rings is 1. The van der Waals surface area contributed by atoms with Gasteiger partial charge in [0.1, 0.15) is 5.78 Å². The zero-order chi connectivity index (χ0) is 18.2. The van der Waals surface area contributed by atoms with E-state index >= 15 is 0 Å². The number of nitrogens with one attached hydrogen (secondary N) is 2. The van der Waals surface area contributed by atoms with Crippen LogP contribution in [0.3, 0.4) is 0 Å². The quantitative estimate of drug-likeness (QED) is 0.815. The summed E-state index contributed by atoms with van der Waals surface area (Å²) >= 11 is 0. The molecule has 2 bridgehead atoms. The minimum Gasteiger partial charge on any atom is -0.353 e. The van der Waals surface area contributed by atoms with E-state index in [4.69, 9.17) is 0 Å². The fraction of sp³-hybridized carbons (Fsp3) is 0.900. The molecule has 3 aliphatic rings. The smallest absolute Gasteiger partial charge is 0.227 e. The monoisotopic (exact) mass is 334 g/mol. The van der Waals surface area contributed by atoms with Crippen molar-refractivity contribution in [3.63, 3.8) is 0 Å². The highest BCUT2D eigenvalue weighted by Crippen LogP contribution is 2.70. The van der Waals surface area contributed by atoms with E-state index in [9.17, 15) is 9.59 Å². The first-order chi connectivity index (χ1) is 10.7. The van der Waals surface area contributed by atoms with Crippen molar-refractivity contribution >= 4 is 11.7 Å². The number of rotatable bonds is 2. The van der Waals surface area contributed by atoms with Gasteiger partial charge in [-0.3, -0.25) is 9.59 Å². The standard InChI is InChI=1S/C20H34N2O2/c1-16(2)10-13(11-17(3,4)22-16)21-15(24)20-9-8-19(7,14(23)12-20)18(20,5)6/h13,22H,8-12H2,1-7H3,(H,21,24)/t19-,20+/m1/s1. The van der Waals surface area contributed by atoms with Gasteiger partial charge in [-0.15, -0.1) is 0 Å². The van der Waals surface area contributed by atoms with Crippen molar-refractivity contribution in [2.24, 2.45) is 16.2 Å². The first-order valence-corrected chi connectivity index (χ1v) is 9.38. The summed E-state index contributed by atoms with van der Waals surface area (Å²) in [5.74, 6) is 0.389. The molecule has 4 heteroatoms. The molecule has 2 atom stereocenters. The Hall–Kier alpha value is -0.900. The molecule has 1 heterocycles. The van der Waals surface area contributed by atoms with Gasteiger partial charge in [-0.2, -0.15) is 0 Å². The zero-order valence-corrected chi connectivity index (χ0v) is 16.4. The third-order valence-electron chi connectivity index (χ3n) is 7.67. The Bertz CT molecular complexity index is 576. The van der Waals surface area contributed by atoms with Crippen LogP contribution in [0.5, 0.6) is 0 Å². The number of carbonyl (C=O) groups excluding carboxylic acids is 2. The lowest BCUT2D eigenvalue weighted by molar-refractivity contribution is -0.138. The van der Waals surface area contributed by atoms with Gasteiger partial charge in [0.05, 0.1) is 5.41 Å². The summed E-state index contributed by atoms with van der Waals surface area (Å²) in [7, 11) is 0. The highest BCUT2D eigenvalue weighted by Gasteiger charge is 2.72. The summed E-state index contributed by atoms with van der Waals surface area (Å²) < 4.78 is 0. The van der Waals surface area contributed by atoms with Gasteiger partial charge >= 0.3 is 0 Å². The van der Waals surface area contributed by atoms with Crippen LogP contribution in [0.25, 0.3) is 0 Å². The molecule has 0 spiro atoms. The Kier molecular flexibility index (Phi) is 3.61. The molecule has 3 rings (SSSR count). The summed E-state index contributed by atoms with van der Waals surface area (Å²) in [6, 6.07) is 0.163. The molecule has 1 aliphatic heterocycles. The predicted octanol–water partition coefficient (Wildman–Crippen LogP) is 3.20. The first-order valence-electron chi connectivity index (χ1n) is 9.38. The highest BCUT2D eigenvalue weighted by molar-refractivity contribution is 5.99. The van der Waals surface area contributed by atoms with Gasteiger partial charge in [0.25, 0.3) is 0 Å². The molecule has 136 valence electrons. The lowest BCUT2D eigenvalue weighted by Gasteiger charge is -2.48. The van der Waals surface area contributed by atoms with Crippen LogP contribution in [0.4, 0.5) is 0 Å². The Balaban J connectivity index is 1.82. The molecule has 2 aliphatic carbocycles. The molecule has 1 amide bonds. The van der Waals surface area contributed by atoms with Crippen LogP contribution < -0.4 is 10.6 Å². The molecule has 0 aromatic carbocycles. The van der Waals surface area contributed by atoms with Crippen molar-refractivity contribution in [2.75, 3.05) is 0 Å². The van der Waals surface area contributed by atoms with Crippen LogP contribution in [0.2, 0.25) is 0 Å². The molecule has 0 aromatic heterocycles. The SMILES string of the molecule is CC1(C)CC(NC(=O)[C@]23CC[C@](C)(C(=O)C2)C3(C)C)CC(C)(C)N1. The zero-order valence-electron chi connectivity index (χ0n) is 16.4. The Labute approximate surface area is 146 Å². The van der Waals surface area contributed by atoms with E-state index in [1.807, 2.05) is 0 Å². The molecule has 24 heavy (non-hydrogen) atoms. The van der Waals surface area contributed by atoms with Crippen molar-refractivity contribution in [3.8, 4) is 0 Å². The molecule has 1 saturated heterocycles. The number of amides is 1. The average Bonchev–Trinajstić information content (AvgIpc) is 2.65. The van der Waals surface area contributed by atoms with Gasteiger partial charge in [-0.25, -0.2) is 0 Å². The average molecular weight is 335 g/mol. The summed E-state index contributed by atoms with van der Waals surface area (Å²) in [6.45, 7) is 15.1. The van der Waals surface area contributed by atoms with Gasteiger partial charge in [0.2, 0.25) is 5.91 Å². The number of carbonyl (C=O) groups is 2. The van der Waals surface area contributed by atoms with Crippen LogP contribution >= 0.6 is 0 Å². The predicted molar refractivity (Wildman–Crippen MR) is 95.6 cm³/mol. The summed E-state index contributed by atoms with van der Waals surface area (Å²) in [4.78, 5) is 25.9.